The number of ketones is 1. The normalized spacial score (nSPS) is 14.6. The molecule has 5 aromatic carbocycles. The summed E-state index contributed by atoms with van der Waals surface area (Å²) in [6, 6.07) is 1.40. The van der Waals surface area contributed by atoms with Crippen LogP contribution in [0.4, 0.5) is 105 Å². The molecule has 6 aromatic rings. The van der Waals surface area contributed by atoms with Gasteiger partial charge in [0.15, 0.2) is 12.7 Å². The third kappa shape index (κ3) is 13.7. The van der Waals surface area contributed by atoms with Crippen LogP contribution >= 0.6 is 0 Å². The Morgan fingerprint density at radius 3 is 0.961 bits per heavy atom. The molecule has 0 amide bonds. The molecule has 0 N–H and O–H groups in total. The van der Waals surface area contributed by atoms with Gasteiger partial charge in [0.2, 0.25) is 5.78 Å². The Bertz CT molecular complexity index is 2650. The largest absolute Gasteiger partial charge is 0.416 e. The van der Waals surface area contributed by atoms with Gasteiger partial charge in [0.05, 0.1) is 50.7 Å². The molecule has 0 saturated heterocycles. The number of carbonyl (C=O) groups is 1. The van der Waals surface area contributed by atoms with Gasteiger partial charge in [0, 0.05) is 11.5 Å². The van der Waals surface area contributed by atoms with Crippen molar-refractivity contribution in [2.45, 2.75) is 81.6 Å². The first kappa shape index (κ1) is 59.5. The summed E-state index contributed by atoms with van der Waals surface area (Å²) in [6.07, 6.45) is -45.0. The van der Waals surface area contributed by atoms with E-state index in [0.717, 1.165) is 25.1 Å². The van der Waals surface area contributed by atoms with Crippen LogP contribution in [0.3, 0.4) is 0 Å². The molecule has 3 nitrogen and oxygen atoms in total. The third-order valence-electron chi connectivity index (χ3n) is 12.5. The zero-order valence-corrected chi connectivity index (χ0v) is 38.1. The first-order valence-electron chi connectivity index (χ1n) is 21.9. The molecule has 7 rings (SSSR count). The van der Waals surface area contributed by atoms with Crippen LogP contribution in [-0.4, -0.2) is 16.9 Å². The van der Waals surface area contributed by atoms with Crippen LogP contribution in [0, 0.1) is 5.92 Å². The summed E-state index contributed by atoms with van der Waals surface area (Å²) in [5, 5.41) is 0. The van der Waals surface area contributed by atoms with Gasteiger partial charge >= 0.3 is 49.4 Å². The SMILES string of the molecule is FC(F)(F)c1cc([B-](c2cc(C(F)(F)F)cc(C(F)(F)F)c2)(c2cc(C(F)(F)F)cc(C(F)(F)F)c2)c2cc(C(F)(F)F)cc(C(F)(F)F)c2)cc(C(F)(F)F)c1.O=C(c1cncc[n+]1Cc1ccccc1)C1CCCC1. The van der Waals surface area contributed by atoms with Crippen LogP contribution in [0.1, 0.15) is 86.2 Å². The maximum absolute atomic E-state index is 14.2. The summed E-state index contributed by atoms with van der Waals surface area (Å²) >= 11 is 0. The molecule has 1 aromatic heterocycles. The van der Waals surface area contributed by atoms with Crippen molar-refractivity contribution in [2.24, 2.45) is 5.92 Å². The van der Waals surface area contributed by atoms with Crippen LogP contribution in [0.15, 0.2) is 122 Å². The van der Waals surface area contributed by atoms with Gasteiger partial charge < -0.3 is 0 Å². The number of aromatic nitrogens is 2. The number of halogens is 24. The summed E-state index contributed by atoms with van der Waals surface area (Å²) in [4.78, 5) is 16.7. The van der Waals surface area contributed by atoms with E-state index in [9.17, 15) is 110 Å². The molecule has 1 saturated carbocycles. The maximum Gasteiger partial charge on any atom is 0.416 e. The number of nitrogens with zero attached hydrogens (tertiary/aromatic N) is 2. The number of carbonyl (C=O) groups excluding carboxylic acids is 1. The van der Waals surface area contributed by atoms with E-state index >= 15 is 0 Å². The second kappa shape index (κ2) is 20.9. The van der Waals surface area contributed by atoms with Crippen molar-refractivity contribution in [1.82, 2.24) is 4.98 Å². The smallest absolute Gasteiger partial charge is 0.287 e. The van der Waals surface area contributed by atoms with Crippen molar-refractivity contribution in [1.29, 1.82) is 0 Å². The molecule has 0 unspecified atom stereocenters. The maximum atomic E-state index is 14.2. The number of alkyl halides is 24. The average Bonchev–Trinajstić information content (AvgIpc) is 3.85. The van der Waals surface area contributed by atoms with E-state index in [2.05, 4.69) is 17.1 Å². The average molecular weight is 1130 g/mol. The lowest BCUT2D eigenvalue weighted by molar-refractivity contribution is -0.690. The van der Waals surface area contributed by atoms with Gasteiger partial charge in [-0.15, -0.1) is 0 Å². The number of Topliss-reactive ketones (excluding diaryl/α,β-unsaturated/α-hetero) is 1. The predicted molar refractivity (Wildman–Crippen MR) is 226 cm³/mol. The molecule has 28 heteroatoms. The van der Waals surface area contributed by atoms with Crippen molar-refractivity contribution in [3.8, 4) is 0 Å². The molecule has 1 aliphatic carbocycles. The molecule has 0 atom stereocenters. The van der Waals surface area contributed by atoms with Gasteiger partial charge in [-0.2, -0.15) is 132 Å². The van der Waals surface area contributed by atoms with Crippen molar-refractivity contribution < 1.29 is 115 Å². The molecular weight excluding hydrogens is 1100 g/mol. The molecule has 0 aliphatic heterocycles. The van der Waals surface area contributed by atoms with Gasteiger partial charge in [-0.1, -0.05) is 91.7 Å². The molecule has 1 aliphatic rings. The molecule has 0 bridgehead atoms. The topological polar surface area (TPSA) is 33.8 Å². The molecular formula is C49H31BF24N2O. The Balaban J connectivity index is 0.000000397. The lowest BCUT2D eigenvalue weighted by Gasteiger charge is -2.46. The molecule has 0 radical (unpaired) electrons. The highest BCUT2D eigenvalue weighted by atomic mass is 19.4. The van der Waals surface area contributed by atoms with Crippen LogP contribution in [0.25, 0.3) is 0 Å². The van der Waals surface area contributed by atoms with E-state index in [1.807, 2.05) is 29.0 Å². The summed E-state index contributed by atoms with van der Waals surface area (Å²) in [7, 11) is 0. The first-order chi connectivity index (χ1) is 35.1. The minimum Gasteiger partial charge on any atom is -0.287 e. The second-order valence-corrected chi connectivity index (χ2v) is 17.6. The van der Waals surface area contributed by atoms with Crippen LogP contribution in [0.5, 0.6) is 0 Å². The van der Waals surface area contributed by atoms with E-state index in [4.69, 9.17) is 0 Å². The standard InChI is InChI=1S/C32H12BF24.C17H19N2O/c34-25(35,36)13-1-14(26(37,38)39)6-21(5-13)33(22-7-15(27(40,41)42)2-16(8-22)28(43,44)45,23-9-17(29(46,47)48)3-18(10-23)30(49,50)51)24-11-19(31(52,53)54)4-20(12-24)32(55,56)57;20-17(15-8-4-5-9-15)16-12-18-10-11-19(16)13-14-6-2-1-3-7-14/h1-12H;1-3,6-7,10-12,15H,4-5,8-9,13H2/q-1;+1. The Kier molecular flexibility index (Phi) is 16.1. The van der Waals surface area contributed by atoms with Gasteiger partial charge in [0.1, 0.15) is 12.3 Å². The van der Waals surface area contributed by atoms with Crippen molar-refractivity contribution in [2.75, 3.05) is 0 Å². The van der Waals surface area contributed by atoms with Gasteiger partial charge in [0.25, 0.3) is 5.69 Å². The fourth-order valence-corrected chi connectivity index (χ4v) is 8.98. The Morgan fingerprint density at radius 1 is 0.429 bits per heavy atom. The highest BCUT2D eigenvalue weighted by molar-refractivity contribution is 7.20. The quantitative estimate of drug-likeness (QED) is 0.0659. The van der Waals surface area contributed by atoms with Crippen molar-refractivity contribution in [3.05, 3.63) is 177 Å². The monoisotopic (exact) mass is 1130 g/mol. The number of rotatable bonds is 8. The number of hydrogen-bond acceptors (Lipinski definition) is 2. The molecule has 1 fully saturated rings. The summed E-state index contributed by atoms with van der Waals surface area (Å²) in [5.41, 5.74) is -28.3. The Hall–Kier alpha value is -6.77. The lowest BCUT2D eigenvalue weighted by Crippen LogP contribution is -2.75. The van der Waals surface area contributed by atoms with E-state index in [1.54, 1.807) is 12.4 Å². The van der Waals surface area contributed by atoms with Gasteiger partial charge in [-0.05, 0) is 37.1 Å². The summed E-state index contributed by atoms with van der Waals surface area (Å²) in [6.45, 7) is 0.719. The Morgan fingerprint density at radius 2 is 0.701 bits per heavy atom. The van der Waals surface area contributed by atoms with E-state index in [-0.39, 0.29) is 11.7 Å². The van der Waals surface area contributed by atoms with Crippen LogP contribution in [0.2, 0.25) is 0 Å². The summed E-state index contributed by atoms with van der Waals surface area (Å²) in [5.74, 6) is 0.452. The van der Waals surface area contributed by atoms with Crippen molar-refractivity contribution in [3.63, 3.8) is 0 Å². The van der Waals surface area contributed by atoms with Crippen LogP contribution < -0.4 is 26.4 Å². The summed E-state index contributed by atoms with van der Waals surface area (Å²) < 4.78 is 343. The van der Waals surface area contributed by atoms with Gasteiger partial charge in [-0.3, -0.25) is 9.78 Å². The zero-order chi connectivity index (χ0) is 57.7. The fraction of sp³-hybridized carbons (Fsp3) is 0.286. The van der Waals surface area contributed by atoms with Crippen LogP contribution in [-0.2, 0) is 56.0 Å². The highest BCUT2D eigenvalue weighted by Crippen LogP contribution is 2.41. The number of hydrogen-bond donors (Lipinski definition) is 0. The van der Waals surface area contributed by atoms with Crippen molar-refractivity contribution >= 4 is 33.8 Å². The second-order valence-electron chi connectivity index (χ2n) is 17.6. The molecule has 414 valence electrons. The highest BCUT2D eigenvalue weighted by Gasteiger charge is 2.47. The third-order valence-corrected chi connectivity index (χ3v) is 12.5. The number of benzene rings is 5. The minimum absolute atomic E-state index is 0.196. The van der Waals surface area contributed by atoms with E-state index in [1.165, 1.54) is 18.4 Å². The first-order valence-corrected chi connectivity index (χ1v) is 21.9. The lowest BCUT2D eigenvalue weighted by atomic mass is 9.12. The molecule has 77 heavy (non-hydrogen) atoms. The molecule has 1 heterocycles. The molecule has 0 spiro atoms. The fourth-order valence-electron chi connectivity index (χ4n) is 8.98. The van der Waals surface area contributed by atoms with E-state index < -0.39 is 195 Å². The zero-order valence-electron chi connectivity index (χ0n) is 38.1. The van der Waals surface area contributed by atoms with Gasteiger partial charge in [-0.25, -0.2) is 0 Å². The Labute approximate surface area is 418 Å². The predicted octanol–water partition coefficient (Wildman–Crippen LogP) is 14.0. The minimum atomic E-state index is -6.13. The van der Waals surface area contributed by atoms with E-state index in [0.29, 0.717) is 0 Å².